The van der Waals surface area contributed by atoms with Gasteiger partial charge in [0.2, 0.25) is 0 Å². The van der Waals surface area contributed by atoms with Crippen molar-refractivity contribution in [2.24, 2.45) is 5.92 Å². The molecular weight excluding hydrogens is 235 g/mol. The molecule has 1 unspecified atom stereocenters. The molecule has 3 N–H and O–H groups in total. The van der Waals surface area contributed by atoms with Crippen LogP contribution in [0.2, 0.25) is 0 Å². The average Bonchev–Trinajstić information content (AvgIpc) is 2.32. The zero-order valence-corrected chi connectivity index (χ0v) is 10.6. The molecule has 0 bridgehead atoms. The van der Waals surface area contributed by atoms with Crippen LogP contribution in [0, 0.1) is 11.7 Å². The quantitative estimate of drug-likeness (QED) is 0.755. The van der Waals surface area contributed by atoms with E-state index in [-0.39, 0.29) is 17.8 Å². The number of nitrogens with one attached hydrogen (secondary N) is 2. The maximum atomic E-state index is 12.6. The second-order valence-corrected chi connectivity index (χ2v) is 4.49. The molecule has 0 spiro atoms. The molecule has 1 aromatic carbocycles. The highest BCUT2D eigenvalue weighted by Crippen LogP contribution is 2.08. The summed E-state index contributed by atoms with van der Waals surface area (Å²) in [5, 5.41) is 14.7. The number of hydrogen-bond donors (Lipinski definition) is 3. The number of carbonyl (C=O) groups is 1. The molecule has 4 nitrogen and oxygen atoms in total. The Morgan fingerprint density at radius 1 is 1.33 bits per heavy atom. The van der Waals surface area contributed by atoms with Crippen LogP contribution >= 0.6 is 0 Å². The van der Waals surface area contributed by atoms with Crippen LogP contribution in [-0.2, 0) is 0 Å². The van der Waals surface area contributed by atoms with Gasteiger partial charge in [0.25, 0.3) is 0 Å². The van der Waals surface area contributed by atoms with E-state index >= 15 is 0 Å². The van der Waals surface area contributed by atoms with Gasteiger partial charge < -0.3 is 15.7 Å². The Hall–Kier alpha value is -1.62. The molecule has 0 radical (unpaired) electrons. The first-order valence-electron chi connectivity index (χ1n) is 5.97. The monoisotopic (exact) mass is 254 g/mol. The van der Waals surface area contributed by atoms with Crippen molar-refractivity contribution in [2.45, 2.75) is 26.4 Å². The topological polar surface area (TPSA) is 61.4 Å². The van der Waals surface area contributed by atoms with E-state index in [0.717, 1.165) is 0 Å². The first kappa shape index (κ1) is 14.4. The Bertz CT molecular complexity index is 379. The highest BCUT2D eigenvalue weighted by Gasteiger charge is 2.09. The summed E-state index contributed by atoms with van der Waals surface area (Å²) in [6.45, 7) is 4.24. The number of aliphatic hydroxyl groups excluding tert-OH is 1. The van der Waals surface area contributed by atoms with Gasteiger partial charge in [-0.05, 0) is 36.6 Å². The third-order valence-corrected chi connectivity index (χ3v) is 2.60. The lowest BCUT2D eigenvalue weighted by atomic mass is 10.0. The largest absolute Gasteiger partial charge is 0.393 e. The molecule has 0 aliphatic heterocycles. The minimum atomic E-state index is -0.420. The van der Waals surface area contributed by atoms with Gasteiger partial charge in [-0.25, -0.2) is 9.18 Å². The van der Waals surface area contributed by atoms with Crippen LogP contribution in [0.4, 0.5) is 14.9 Å². The summed E-state index contributed by atoms with van der Waals surface area (Å²) in [7, 11) is 0. The van der Waals surface area contributed by atoms with E-state index in [1.807, 2.05) is 13.8 Å². The van der Waals surface area contributed by atoms with E-state index in [1.165, 1.54) is 24.3 Å². The fourth-order valence-corrected chi connectivity index (χ4v) is 1.38. The highest BCUT2D eigenvalue weighted by molar-refractivity contribution is 5.89. The number of urea groups is 1. The smallest absolute Gasteiger partial charge is 0.319 e. The Balaban J connectivity index is 2.27. The van der Waals surface area contributed by atoms with Gasteiger partial charge in [-0.2, -0.15) is 0 Å². The molecule has 0 heterocycles. The van der Waals surface area contributed by atoms with Crippen LogP contribution in [0.15, 0.2) is 24.3 Å². The summed E-state index contributed by atoms with van der Waals surface area (Å²) in [5.41, 5.74) is 0.526. The number of benzene rings is 1. The number of hydrogen-bond acceptors (Lipinski definition) is 2. The van der Waals surface area contributed by atoms with E-state index in [0.29, 0.717) is 18.7 Å². The summed E-state index contributed by atoms with van der Waals surface area (Å²) < 4.78 is 12.6. The molecule has 0 aliphatic rings. The number of anilines is 1. The third kappa shape index (κ3) is 5.14. The van der Waals surface area contributed by atoms with Crippen LogP contribution < -0.4 is 10.6 Å². The Morgan fingerprint density at radius 3 is 2.50 bits per heavy atom. The van der Waals surface area contributed by atoms with Gasteiger partial charge in [0.15, 0.2) is 0 Å². The molecule has 18 heavy (non-hydrogen) atoms. The zero-order chi connectivity index (χ0) is 13.5. The number of aliphatic hydroxyl groups is 1. The normalized spacial score (nSPS) is 12.3. The lowest BCUT2D eigenvalue weighted by Gasteiger charge is -2.14. The van der Waals surface area contributed by atoms with Crippen molar-refractivity contribution in [3.05, 3.63) is 30.1 Å². The lowest BCUT2D eigenvalue weighted by Crippen LogP contribution is -2.32. The predicted molar refractivity (Wildman–Crippen MR) is 68.9 cm³/mol. The second-order valence-electron chi connectivity index (χ2n) is 4.49. The summed E-state index contributed by atoms with van der Waals surface area (Å²) >= 11 is 0. The average molecular weight is 254 g/mol. The van der Waals surface area contributed by atoms with E-state index in [4.69, 9.17) is 0 Å². The van der Waals surface area contributed by atoms with E-state index in [2.05, 4.69) is 10.6 Å². The predicted octanol–water partition coefficient (Wildman–Crippen LogP) is 2.35. The van der Waals surface area contributed by atoms with Crippen molar-refractivity contribution >= 4 is 11.7 Å². The lowest BCUT2D eigenvalue weighted by molar-refractivity contribution is 0.117. The highest BCUT2D eigenvalue weighted by atomic mass is 19.1. The number of halogens is 1. The SMILES string of the molecule is CC(C)C(O)CCNC(=O)Nc1ccc(F)cc1. The fraction of sp³-hybridized carbons (Fsp3) is 0.462. The fourth-order valence-electron chi connectivity index (χ4n) is 1.38. The molecule has 0 saturated heterocycles. The summed E-state index contributed by atoms with van der Waals surface area (Å²) in [6, 6.07) is 5.16. The van der Waals surface area contributed by atoms with Crippen LogP contribution in [0.1, 0.15) is 20.3 Å². The van der Waals surface area contributed by atoms with Gasteiger partial charge in [0.1, 0.15) is 5.82 Å². The van der Waals surface area contributed by atoms with Crippen LogP contribution in [0.3, 0.4) is 0 Å². The molecule has 2 amide bonds. The van der Waals surface area contributed by atoms with Crippen molar-refractivity contribution in [3.63, 3.8) is 0 Å². The second kappa shape index (κ2) is 6.96. The number of amides is 2. The van der Waals surface area contributed by atoms with Gasteiger partial charge >= 0.3 is 6.03 Å². The molecule has 1 rings (SSSR count). The standard InChI is InChI=1S/C13H19FN2O2/c1-9(2)12(17)7-8-15-13(18)16-11-5-3-10(14)4-6-11/h3-6,9,12,17H,7-8H2,1-2H3,(H2,15,16,18). The number of carbonyl (C=O) groups excluding carboxylic acids is 1. The maximum absolute atomic E-state index is 12.6. The first-order valence-corrected chi connectivity index (χ1v) is 5.97. The van der Waals surface area contributed by atoms with Crippen molar-refractivity contribution in [3.8, 4) is 0 Å². The van der Waals surface area contributed by atoms with Crippen molar-refractivity contribution < 1.29 is 14.3 Å². The van der Waals surface area contributed by atoms with Gasteiger partial charge in [0, 0.05) is 12.2 Å². The first-order chi connectivity index (χ1) is 8.49. The van der Waals surface area contributed by atoms with Gasteiger partial charge in [-0.1, -0.05) is 13.8 Å². The van der Waals surface area contributed by atoms with Gasteiger partial charge in [0.05, 0.1) is 6.10 Å². The Morgan fingerprint density at radius 2 is 1.94 bits per heavy atom. The minimum absolute atomic E-state index is 0.173. The zero-order valence-electron chi connectivity index (χ0n) is 10.6. The summed E-state index contributed by atoms with van der Waals surface area (Å²) in [6.07, 6.45) is 0.0882. The van der Waals surface area contributed by atoms with E-state index in [1.54, 1.807) is 0 Å². The van der Waals surface area contributed by atoms with E-state index in [9.17, 15) is 14.3 Å². The Labute approximate surface area is 106 Å². The molecule has 0 fully saturated rings. The molecule has 0 aromatic heterocycles. The van der Waals surface area contributed by atoms with Crippen molar-refractivity contribution in [2.75, 3.05) is 11.9 Å². The molecule has 0 aliphatic carbocycles. The maximum Gasteiger partial charge on any atom is 0.319 e. The Kier molecular flexibility index (Phi) is 5.58. The summed E-state index contributed by atoms with van der Waals surface area (Å²) in [5.74, 6) is -0.173. The third-order valence-electron chi connectivity index (χ3n) is 2.60. The van der Waals surface area contributed by atoms with Crippen molar-refractivity contribution in [1.29, 1.82) is 0 Å². The molecule has 0 saturated carbocycles. The number of rotatable bonds is 5. The van der Waals surface area contributed by atoms with Crippen LogP contribution in [0.5, 0.6) is 0 Å². The van der Waals surface area contributed by atoms with Crippen LogP contribution in [-0.4, -0.2) is 23.8 Å². The molecule has 5 heteroatoms. The van der Waals surface area contributed by atoms with Crippen molar-refractivity contribution in [1.82, 2.24) is 5.32 Å². The molecule has 100 valence electrons. The molecule has 1 aromatic rings. The van der Waals surface area contributed by atoms with E-state index < -0.39 is 6.10 Å². The van der Waals surface area contributed by atoms with Gasteiger partial charge in [-0.15, -0.1) is 0 Å². The molecular formula is C13H19FN2O2. The van der Waals surface area contributed by atoms with Gasteiger partial charge in [-0.3, -0.25) is 0 Å². The summed E-state index contributed by atoms with van der Waals surface area (Å²) in [4.78, 5) is 11.5. The minimum Gasteiger partial charge on any atom is -0.393 e. The molecule has 1 atom stereocenters. The van der Waals surface area contributed by atoms with Crippen LogP contribution in [0.25, 0.3) is 0 Å².